The molecule has 6 aromatic rings. The molecular formula is C50H62Cl2Zr. The average molecular weight is 825 g/mol. The molecule has 0 spiro atoms. The Hall–Kier alpha value is -2.44. The Bertz CT molecular complexity index is 1800. The Labute approximate surface area is 341 Å². The fourth-order valence-corrected chi connectivity index (χ4v) is 7.20. The van der Waals surface area contributed by atoms with Crippen molar-refractivity contribution in [2.75, 3.05) is 0 Å². The minimum atomic E-state index is -0.826. The molecule has 280 valence electrons. The Morgan fingerprint density at radius 2 is 0.849 bits per heavy atom. The maximum atomic E-state index is 4.93. The Kier molecular flexibility index (Phi) is 17.2. The van der Waals surface area contributed by atoms with Crippen LogP contribution in [0.15, 0.2) is 109 Å². The van der Waals surface area contributed by atoms with E-state index in [1.54, 1.807) is 0 Å². The molecule has 0 amide bonds. The maximum absolute atomic E-state index is 4.93. The molecule has 0 nitrogen and oxygen atoms in total. The predicted octanol–water partition coefficient (Wildman–Crippen LogP) is 16.7. The van der Waals surface area contributed by atoms with Gasteiger partial charge in [-0.05, 0) is 45.9 Å². The number of hydrogen-bond acceptors (Lipinski definition) is 0. The van der Waals surface area contributed by atoms with Gasteiger partial charge in [0.15, 0.2) is 0 Å². The molecule has 0 N–H and O–H groups in total. The van der Waals surface area contributed by atoms with Crippen LogP contribution >= 0.6 is 17.0 Å². The SMILES string of the molecule is CCCCCCc1cc2c(-c3ccc(C(C)(C)C)cc3)cccc2[cH-]1.CCCCCCc1cc2c(-c3ccc(C(C)(C)C)cc3)cccc2[cH-]1.[Cl][Zr+2][Cl]. The first kappa shape index (κ1) is 43.3. The molecule has 0 aliphatic heterocycles. The molecule has 0 fully saturated rings. The van der Waals surface area contributed by atoms with Gasteiger partial charge in [0.2, 0.25) is 0 Å². The topological polar surface area (TPSA) is 0 Å². The predicted molar refractivity (Wildman–Crippen MR) is 235 cm³/mol. The molecule has 0 bridgehead atoms. The summed E-state index contributed by atoms with van der Waals surface area (Å²) in [4.78, 5) is 0. The molecule has 0 atom stereocenters. The van der Waals surface area contributed by atoms with Gasteiger partial charge in [0.25, 0.3) is 0 Å². The van der Waals surface area contributed by atoms with Crippen molar-refractivity contribution < 1.29 is 20.8 Å². The second kappa shape index (κ2) is 21.0. The molecule has 0 radical (unpaired) electrons. The van der Waals surface area contributed by atoms with Crippen molar-refractivity contribution in [2.45, 2.75) is 130 Å². The number of hydrogen-bond donors (Lipinski definition) is 0. The van der Waals surface area contributed by atoms with E-state index in [0.717, 1.165) is 0 Å². The third kappa shape index (κ3) is 12.8. The number of fused-ring (bicyclic) bond motifs is 2. The van der Waals surface area contributed by atoms with Crippen LogP contribution in [-0.2, 0) is 44.5 Å². The van der Waals surface area contributed by atoms with Crippen LogP contribution in [0.3, 0.4) is 0 Å². The van der Waals surface area contributed by atoms with Crippen molar-refractivity contribution in [3.63, 3.8) is 0 Å². The molecule has 0 unspecified atom stereocenters. The minimum absolute atomic E-state index is 0.205. The van der Waals surface area contributed by atoms with Gasteiger partial charge in [-0.2, -0.15) is 12.1 Å². The molecule has 0 aliphatic rings. The summed E-state index contributed by atoms with van der Waals surface area (Å²) in [6.45, 7) is 18.2. The first-order valence-corrected chi connectivity index (χ1v) is 26.3. The Morgan fingerprint density at radius 3 is 1.17 bits per heavy atom. The molecule has 53 heavy (non-hydrogen) atoms. The van der Waals surface area contributed by atoms with Crippen LogP contribution < -0.4 is 0 Å². The molecule has 6 rings (SSSR count). The fourth-order valence-electron chi connectivity index (χ4n) is 7.20. The summed E-state index contributed by atoms with van der Waals surface area (Å²) in [6, 6.07) is 41.2. The van der Waals surface area contributed by atoms with Crippen LogP contribution in [0, 0.1) is 0 Å². The standard InChI is InChI=1S/2C25H31.2ClH.Zr/c2*1-5-6-7-8-10-19-17-21-11-9-12-23(24(21)18-19)20-13-15-22(16-14-20)25(2,3)4;;;/h2*9,11-18H,5-8,10H2,1-4H3;2*1H;/q2*-1;;;+4/p-2. The van der Waals surface area contributed by atoms with E-state index in [-0.39, 0.29) is 10.8 Å². The molecular weight excluding hydrogens is 763 g/mol. The van der Waals surface area contributed by atoms with E-state index in [1.807, 2.05) is 0 Å². The van der Waals surface area contributed by atoms with Crippen LogP contribution in [0.1, 0.15) is 129 Å². The molecule has 3 heteroatoms. The van der Waals surface area contributed by atoms with Crippen molar-refractivity contribution in [1.82, 2.24) is 0 Å². The number of aryl methyl sites for hydroxylation is 2. The van der Waals surface area contributed by atoms with Crippen LogP contribution in [-0.4, -0.2) is 0 Å². The third-order valence-electron chi connectivity index (χ3n) is 10.4. The van der Waals surface area contributed by atoms with Gasteiger partial charge in [0.05, 0.1) is 0 Å². The second-order valence-electron chi connectivity index (χ2n) is 16.7. The van der Waals surface area contributed by atoms with E-state index in [9.17, 15) is 0 Å². The number of halogens is 2. The number of benzene rings is 4. The van der Waals surface area contributed by atoms with Gasteiger partial charge in [-0.15, -0.1) is 69.1 Å². The van der Waals surface area contributed by atoms with Crippen molar-refractivity contribution in [3.05, 3.63) is 131 Å². The zero-order valence-corrected chi connectivity index (χ0v) is 37.7. The van der Waals surface area contributed by atoms with E-state index in [2.05, 4.69) is 165 Å². The van der Waals surface area contributed by atoms with E-state index < -0.39 is 20.8 Å². The number of unbranched alkanes of at least 4 members (excludes halogenated alkanes) is 6. The van der Waals surface area contributed by atoms with Crippen LogP contribution in [0.2, 0.25) is 0 Å². The normalized spacial score (nSPS) is 11.5. The van der Waals surface area contributed by atoms with E-state index in [1.165, 1.54) is 130 Å². The summed E-state index contributed by atoms with van der Waals surface area (Å²) < 4.78 is 0. The zero-order valence-electron chi connectivity index (χ0n) is 33.7. The average Bonchev–Trinajstić information content (AvgIpc) is 3.76. The van der Waals surface area contributed by atoms with Crippen molar-refractivity contribution in [3.8, 4) is 22.3 Å². The van der Waals surface area contributed by atoms with Crippen molar-refractivity contribution in [1.29, 1.82) is 0 Å². The molecule has 0 aliphatic carbocycles. The van der Waals surface area contributed by atoms with Gasteiger partial charge in [-0.3, -0.25) is 0 Å². The van der Waals surface area contributed by atoms with E-state index in [4.69, 9.17) is 17.0 Å². The Morgan fingerprint density at radius 1 is 0.491 bits per heavy atom. The van der Waals surface area contributed by atoms with Gasteiger partial charge >= 0.3 is 37.9 Å². The fraction of sp³-hybridized carbons (Fsp3) is 0.400. The third-order valence-corrected chi connectivity index (χ3v) is 10.4. The summed E-state index contributed by atoms with van der Waals surface area (Å²) in [6.07, 6.45) is 13.0. The Balaban J connectivity index is 0.000000220. The summed E-state index contributed by atoms with van der Waals surface area (Å²) in [5, 5.41) is 5.55. The molecule has 0 saturated heterocycles. The summed E-state index contributed by atoms with van der Waals surface area (Å²) >= 11 is -0.826. The van der Waals surface area contributed by atoms with Crippen LogP contribution in [0.5, 0.6) is 0 Å². The van der Waals surface area contributed by atoms with Gasteiger partial charge in [-0.1, -0.05) is 179 Å². The molecule has 6 aromatic carbocycles. The van der Waals surface area contributed by atoms with Crippen LogP contribution in [0.4, 0.5) is 0 Å². The second-order valence-corrected chi connectivity index (χ2v) is 20.4. The zero-order chi connectivity index (χ0) is 38.4. The molecule has 0 aromatic heterocycles. The summed E-state index contributed by atoms with van der Waals surface area (Å²) in [5.41, 5.74) is 11.5. The monoisotopic (exact) mass is 822 g/mol. The summed E-state index contributed by atoms with van der Waals surface area (Å²) in [5.74, 6) is 0. The molecule has 0 heterocycles. The van der Waals surface area contributed by atoms with Crippen molar-refractivity contribution in [2.24, 2.45) is 0 Å². The van der Waals surface area contributed by atoms with Crippen molar-refractivity contribution >= 4 is 38.6 Å². The summed E-state index contributed by atoms with van der Waals surface area (Å²) in [7, 11) is 9.87. The van der Waals surface area contributed by atoms with Gasteiger partial charge < -0.3 is 0 Å². The quantitative estimate of drug-likeness (QED) is 0.0852. The first-order valence-electron chi connectivity index (χ1n) is 19.9. The van der Waals surface area contributed by atoms with Gasteiger partial charge in [0, 0.05) is 0 Å². The van der Waals surface area contributed by atoms with Gasteiger partial charge in [0.1, 0.15) is 0 Å². The van der Waals surface area contributed by atoms with Gasteiger partial charge in [-0.25, -0.2) is 0 Å². The van der Waals surface area contributed by atoms with E-state index >= 15 is 0 Å². The molecule has 0 saturated carbocycles. The van der Waals surface area contributed by atoms with Crippen LogP contribution in [0.25, 0.3) is 43.8 Å². The first-order chi connectivity index (χ1) is 25.4. The number of rotatable bonds is 12. The van der Waals surface area contributed by atoms with E-state index in [0.29, 0.717) is 0 Å².